The second-order valence-electron chi connectivity index (χ2n) is 6.04. The van der Waals surface area contributed by atoms with Crippen molar-refractivity contribution < 1.29 is 24.3 Å². The van der Waals surface area contributed by atoms with Crippen molar-refractivity contribution in [1.29, 1.82) is 0 Å². The van der Waals surface area contributed by atoms with Crippen LogP contribution < -0.4 is 15.5 Å². The van der Waals surface area contributed by atoms with Gasteiger partial charge < -0.3 is 19.7 Å². The molecule has 3 N–H and O–H groups in total. The van der Waals surface area contributed by atoms with Gasteiger partial charge in [-0.15, -0.1) is 0 Å². The van der Waals surface area contributed by atoms with Gasteiger partial charge in [-0.2, -0.15) is 0 Å². The van der Waals surface area contributed by atoms with Crippen LogP contribution in [0.4, 0.5) is 10.5 Å². The van der Waals surface area contributed by atoms with Gasteiger partial charge in [-0.05, 0) is 42.3 Å². The van der Waals surface area contributed by atoms with Gasteiger partial charge in [0.25, 0.3) is 5.91 Å². The lowest BCUT2D eigenvalue weighted by Crippen LogP contribution is -2.38. The van der Waals surface area contributed by atoms with E-state index in [0.29, 0.717) is 43.3 Å². The molecule has 1 heterocycles. The number of nitrogens with one attached hydrogen (secondary N) is 2. The Balaban J connectivity index is 1.67. The summed E-state index contributed by atoms with van der Waals surface area (Å²) in [6.07, 6.45) is 3.81. The molecule has 0 bridgehead atoms. The lowest BCUT2D eigenvalue weighted by molar-refractivity contribution is -0.131. The van der Waals surface area contributed by atoms with Crippen molar-refractivity contribution >= 4 is 17.6 Å². The van der Waals surface area contributed by atoms with Crippen molar-refractivity contribution in [1.82, 2.24) is 10.4 Å². The van der Waals surface area contributed by atoms with E-state index >= 15 is 0 Å². The minimum atomic E-state index is -0.480. The molecule has 1 atom stereocenters. The normalized spacial score (nSPS) is 19.2. The Morgan fingerprint density at radius 2 is 2.08 bits per heavy atom. The molecule has 1 aromatic carbocycles. The second kappa shape index (κ2) is 7.92. The number of hydroxylamine groups is 1. The summed E-state index contributed by atoms with van der Waals surface area (Å²) in [6, 6.07) is 6.82. The third-order valence-corrected chi connectivity index (χ3v) is 4.37. The second-order valence-corrected chi connectivity index (χ2v) is 6.04. The summed E-state index contributed by atoms with van der Waals surface area (Å²) in [6.45, 7) is 1.16. The summed E-state index contributed by atoms with van der Waals surface area (Å²) in [4.78, 5) is 25.9. The molecule has 1 unspecified atom stereocenters. The first-order valence-electron chi connectivity index (χ1n) is 8.27. The first-order chi connectivity index (χ1) is 12.6. The molecule has 3 rings (SSSR count). The maximum atomic E-state index is 12.6. The highest BCUT2D eigenvalue weighted by Crippen LogP contribution is 2.27. The molecule has 0 saturated carbocycles. The first kappa shape index (κ1) is 17.8. The van der Waals surface area contributed by atoms with Crippen molar-refractivity contribution in [3.63, 3.8) is 0 Å². The smallest absolute Gasteiger partial charge is 0.322 e. The van der Waals surface area contributed by atoms with Crippen LogP contribution in [0.5, 0.6) is 5.75 Å². The molecule has 1 aliphatic heterocycles. The predicted octanol–water partition coefficient (Wildman–Crippen LogP) is 1.89. The number of amides is 3. The number of carbonyl (C=O) groups excluding carboxylic acids is 2. The molecule has 8 heteroatoms. The minimum absolute atomic E-state index is 0.245. The Hall–Kier alpha value is -3.00. The van der Waals surface area contributed by atoms with Gasteiger partial charge in [-0.3, -0.25) is 10.0 Å². The molecule has 8 nitrogen and oxygen atoms in total. The lowest BCUT2D eigenvalue weighted by Gasteiger charge is -2.24. The fourth-order valence-electron chi connectivity index (χ4n) is 2.94. The molecule has 1 aliphatic carbocycles. The number of carbonyl (C=O) groups is 2. The Morgan fingerprint density at radius 1 is 1.31 bits per heavy atom. The van der Waals surface area contributed by atoms with E-state index in [1.807, 2.05) is 0 Å². The number of hydrogen-bond acceptors (Lipinski definition) is 5. The fraction of sp³-hybridized carbons (Fsp3) is 0.333. The van der Waals surface area contributed by atoms with Gasteiger partial charge in [0.05, 0.1) is 19.6 Å². The molecule has 138 valence electrons. The first-order valence-corrected chi connectivity index (χ1v) is 8.27. The zero-order valence-corrected chi connectivity index (χ0v) is 14.4. The van der Waals surface area contributed by atoms with Gasteiger partial charge in [0.15, 0.2) is 0 Å². The van der Waals surface area contributed by atoms with Crippen LogP contribution in [0, 0.1) is 5.92 Å². The maximum absolute atomic E-state index is 12.6. The lowest BCUT2D eigenvalue weighted by atomic mass is 9.92. The van der Waals surface area contributed by atoms with E-state index in [0.717, 1.165) is 5.57 Å². The van der Waals surface area contributed by atoms with Crippen molar-refractivity contribution in [3.05, 3.63) is 47.7 Å². The molecule has 1 aromatic rings. The monoisotopic (exact) mass is 359 g/mol. The maximum Gasteiger partial charge on any atom is 0.322 e. The molecule has 0 fully saturated rings. The number of benzene rings is 1. The highest BCUT2D eigenvalue weighted by molar-refractivity contribution is 5.89. The van der Waals surface area contributed by atoms with Crippen molar-refractivity contribution in [2.45, 2.75) is 6.42 Å². The van der Waals surface area contributed by atoms with E-state index in [4.69, 9.17) is 14.7 Å². The molecule has 0 aromatic heterocycles. The largest absolute Gasteiger partial charge is 0.497 e. The van der Waals surface area contributed by atoms with Gasteiger partial charge in [0.1, 0.15) is 18.1 Å². The summed E-state index contributed by atoms with van der Waals surface area (Å²) in [5.74, 6) is 0.438. The third kappa shape index (κ3) is 3.97. The van der Waals surface area contributed by atoms with Crippen molar-refractivity contribution in [2.75, 3.05) is 32.1 Å². The molecule has 0 radical (unpaired) electrons. The zero-order chi connectivity index (χ0) is 18.5. The molecule has 0 saturated heterocycles. The van der Waals surface area contributed by atoms with Gasteiger partial charge >= 0.3 is 6.03 Å². The van der Waals surface area contributed by atoms with Crippen molar-refractivity contribution in [2.24, 2.45) is 5.92 Å². The Labute approximate surface area is 151 Å². The topological polar surface area (TPSA) is 100 Å². The van der Waals surface area contributed by atoms with Crippen LogP contribution >= 0.6 is 0 Å². The highest BCUT2D eigenvalue weighted by Gasteiger charge is 2.27. The van der Waals surface area contributed by atoms with Crippen LogP contribution in [-0.4, -0.2) is 48.9 Å². The van der Waals surface area contributed by atoms with Crippen LogP contribution in [0.25, 0.3) is 0 Å². The third-order valence-electron chi connectivity index (χ3n) is 4.37. The fourth-order valence-corrected chi connectivity index (χ4v) is 2.94. The van der Waals surface area contributed by atoms with E-state index in [1.165, 1.54) is 0 Å². The van der Waals surface area contributed by atoms with Crippen LogP contribution in [-0.2, 0) is 9.53 Å². The average Bonchev–Trinajstić information content (AvgIpc) is 2.89. The Bertz CT molecular complexity index is 742. The summed E-state index contributed by atoms with van der Waals surface area (Å²) >= 11 is 0. The number of ether oxygens (including phenoxy) is 2. The van der Waals surface area contributed by atoms with E-state index in [9.17, 15) is 9.59 Å². The number of hydrogen-bond donors (Lipinski definition) is 3. The molecular formula is C18H21N3O5. The molecule has 26 heavy (non-hydrogen) atoms. The molecular weight excluding hydrogens is 338 g/mol. The van der Waals surface area contributed by atoms with Crippen LogP contribution in [0.2, 0.25) is 0 Å². The average molecular weight is 359 g/mol. The van der Waals surface area contributed by atoms with Gasteiger partial charge in [-0.25, -0.2) is 10.3 Å². The van der Waals surface area contributed by atoms with Crippen LogP contribution in [0.15, 0.2) is 47.7 Å². The van der Waals surface area contributed by atoms with E-state index in [1.54, 1.807) is 53.9 Å². The summed E-state index contributed by atoms with van der Waals surface area (Å²) < 4.78 is 10.8. The minimum Gasteiger partial charge on any atom is -0.497 e. The summed E-state index contributed by atoms with van der Waals surface area (Å²) in [5.41, 5.74) is 3.18. The van der Waals surface area contributed by atoms with E-state index in [-0.39, 0.29) is 6.03 Å². The Morgan fingerprint density at radius 3 is 2.77 bits per heavy atom. The van der Waals surface area contributed by atoms with Crippen LogP contribution in [0.3, 0.4) is 0 Å². The van der Waals surface area contributed by atoms with E-state index in [2.05, 4.69) is 5.32 Å². The standard InChI is InChI=1S/C18H21N3O5/c1-25-15-5-3-14(4-6-15)19-18(23)21-8-9-26-16-7-2-12(17(22)20-24)10-13(16)11-21/h2-7,12,24H,8-11H2,1H3,(H,19,23)(H,20,22). The van der Waals surface area contributed by atoms with Gasteiger partial charge in [0.2, 0.25) is 0 Å². The summed E-state index contributed by atoms with van der Waals surface area (Å²) in [5, 5.41) is 11.7. The number of rotatable bonds is 3. The quantitative estimate of drug-likeness (QED) is 0.565. The number of urea groups is 1. The predicted molar refractivity (Wildman–Crippen MR) is 93.7 cm³/mol. The number of nitrogens with zero attached hydrogens (tertiary/aromatic N) is 1. The van der Waals surface area contributed by atoms with Crippen LogP contribution in [0.1, 0.15) is 6.42 Å². The number of allylic oxidation sites excluding steroid dienone is 1. The molecule has 3 amide bonds. The highest BCUT2D eigenvalue weighted by atomic mass is 16.5. The number of methoxy groups -OCH3 is 1. The molecule has 2 aliphatic rings. The number of anilines is 1. The SMILES string of the molecule is COc1ccc(NC(=O)N2CCOC3=C(CC(C(=O)NO)C=C3)C2)cc1. The van der Waals surface area contributed by atoms with Gasteiger partial charge in [-0.1, -0.05) is 6.08 Å². The Kier molecular flexibility index (Phi) is 5.43. The molecule has 0 spiro atoms. The zero-order valence-electron chi connectivity index (χ0n) is 14.4. The van der Waals surface area contributed by atoms with E-state index < -0.39 is 11.8 Å². The summed E-state index contributed by atoms with van der Waals surface area (Å²) in [7, 11) is 1.58. The van der Waals surface area contributed by atoms with Crippen molar-refractivity contribution in [3.8, 4) is 5.75 Å². The van der Waals surface area contributed by atoms with Gasteiger partial charge in [0, 0.05) is 12.2 Å².